The molecule has 3 rings (SSSR count). The third-order valence-electron chi connectivity index (χ3n) is 4.69. The standard InChI is InChI=1S/C19H18FNO6S2/c1-12(22)13-2-4-14(5-3-13)21-19(23)17-10-15(6-7-18(17)20)29(26,27)16-8-9-28(24,25)11-16/h2-7,10,16H,8-9,11H2,1H3,(H,21,23)/t16-/m1/s1. The first-order valence-electron chi connectivity index (χ1n) is 8.66. The maximum Gasteiger partial charge on any atom is 0.258 e. The summed E-state index contributed by atoms with van der Waals surface area (Å²) in [5, 5.41) is 1.33. The quantitative estimate of drug-likeness (QED) is 0.564. The largest absolute Gasteiger partial charge is 0.322 e. The predicted octanol–water partition coefficient (Wildman–Crippen LogP) is 2.24. The fourth-order valence-corrected chi connectivity index (χ4v) is 7.42. The summed E-state index contributed by atoms with van der Waals surface area (Å²) < 4.78 is 62.8. The molecule has 0 spiro atoms. The van der Waals surface area contributed by atoms with Gasteiger partial charge in [-0.25, -0.2) is 21.2 Å². The third-order valence-corrected chi connectivity index (χ3v) is 8.86. The number of sulfone groups is 2. The molecule has 1 aliphatic heterocycles. The number of nitrogens with one attached hydrogen (secondary N) is 1. The van der Waals surface area contributed by atoms with Crippen molar-refractivity contribution in [3.63, 3.8) is 0 Å². The van der Waals surface area contributed by atoms with Crippen molar-refractivity contribution in [1.29, 1.82) is 0 Å². The highest BCUT2D eigenvalue weighted by molar-refractivity contribution is 7.96. The normalized spacial score (nSPS) is 18.3. The molecule has 0 bridgehead atoms. The molecule has 2 aromatic rings. The van der Waals surface area contributed by atoms with Gasteiger partial charge in [0.1, 0.15) is 5.82 Å². The van der Waals surface area contributed by atoms with Crippen LogP contribution in [-0.2, 0) is 19.7 Å². The lowest BCUT2D eigenvalue weighted by Crippen LogP contribution is -2.23. The van der Waals surface area contributed by atoms with Crippen LogP contribution in [-0.4, -0.2) is 45.3 Å². The molecule has 154 valence electrons. The highest BCUT2D eigenvalue weighted by atomic mass is 32.2. The molecular formula is C19H18FNO6S2. The summed E-state index contributed by atoms with van der Waals surface area (Å²) in [5.41, 5.74) is 0.255. The third kappa shape index (κ3) is 4.54. The molecule has 1 heterocycles. The number of ketones is 1. The highest BCUT2D eigenvalue weighted by Crippen LogP contribution is 2.27. The number of anilines is 1. The summed E-state index contributed by atoms with van der Waals surface area (Å²) in [5.74, 6) is -2.64. The first kappa shape index (κ1) is 21.1. The number of hydrogen-bond acceptors (Lipinski definition) is 6. The van der Waals surface area contributed by atoms with Crippen LogP contribution in [0.1, 0.15) is 34.1 Å². The lowest BCUT2D eigenvalue weighted by Gasteiger charge is -2.12. The molecule has 1 aliphatic rings. The van der Waals surface area contributed by atoms with Gasteiger partial charge in [-0.1, -0.05) is 0 Å². The van der Waals surface area contributed by atoms with Gasteiger partial charge in [0.25, 0.3) is 5.91 Å². The van der Waals surface area contributed by atoms with Crippen molar-refractivity contribution in [1.82, 2.24) is 0 Å². The van der Waals surface area contributed by atoms with Crippen LogP contribution in [0.3, 0.4) is 0 Å². The number of carbonyl (C=O) groups is 2. The second-order valence-corrected chi connectivity index (χ2v) is 11.3. The van der Waals surface area contributed by atoms with E-state index >= 15 is 0 Å². The van der Waals surface area contributed by atoms with Crippen LogP contribution in [0, 0.1) is 5.82 Å². The van der Waals surface area contributed by atoms with E-state index in [4.69, 9.17) is 0 Å². The molecule has 10 heteroatoms. The zero-order chi connectivity index (χ0) is 21.4. The number of carbonyl (C=O) groups excluding carboxylic acids is 2. The fraction of sp³-hybridized carbons (Fsp3) is 0.263. The van der Waals surface area contributed by atoms with E-state index in [2.05, 4.69) is 5.32 Å². The van der Waals surface area contributed by atoms with E-state index in [-0.39, 0.29) is 22.9 Å². The molecule has 0 aliphatic carbocycles. The van der Waals surface area contributed by atoms with Crippen molar-refractivity contribution < 1.29 is 30.8 Å². The lowest BCUT2D eigenvalue weighted by molar-refractivity contribution is 0.101. The van der Waals surface area contributed by atoms with Crippen molar-refractivity contribution >= 4 is 37.1 Å². The Morgan fingerprint density at radius 1 is 1.10 bits per heavy atom. The summed E-state index contributed by atoms with van der Waals surface area (Å²) in [6, 6.07) is 8.73. The Balaban J connectivity index is 1.87. The maximum absolute atomic E-state index is 14.2. The van der Waals surface area contributed by atoms with Crippen molar-refractivity contribution in [3.05, 3.63) is 59.4 Å². The number of hydrogen-bond donors (Lipinski definition) is 1. The molecule has 1 amide bonds. The zero-order valence-electron chi connectivity index (χ0n) is 15.4. The summed E-state index contributed by atoms with van der Waals surface area (Å²) in [6.45, 7) is 1.39. The second kappa shape index (κ2) is 7.68. The van der Waals surface area contributed by atoms with Gasteiger partial charge in [-0.2, -0.15) is 0 Å². The number of benzene rings is 2. The van der Waals surface area contributed by atoms with E-state index in [0.29, 0.717) is 11.3 Å². The minimum Gasteiger partial charge on any atom is -0.322 e. The van der Waals surface area contributed by atoms with E-state index < -0.39 is 48.0 Å². The van der Waals surface area contributed by atoms with Crippen LogP contribution in [0.4, 0.5) is 10.1 Å². The Kier molecular flexibility index (Phi) is 5.59. The van der Waals surface area contributed by atoms with Gasteiger partial charge in [0, 0.05) is 11.3 Å². The molecule has 2 aromatic carbocycles. The topological polar surface area (TPSA) is 114 Å². The van der Waals surface area contributed by atoms with E-state index in [1.165, 1.54) is 31.2 Å². The molecule has 0 aromatic heterocycles. The number of rotatable bonds is 5. The Morgan fingerprint density at radius 3 is 2.31 bits per heavy atom. The molecule has 7 nitrogen and oxygen atoms in total. The summed E-state index contributed by atoms with van der Waals surface area (Å²) in [6.07, 6.45) is -0.0356. The Morgan fingerprint density at radius 2 is 1.76 bits per heavy atom. The van der Waals surface area contributed by atoms with Gasteiger partial charge >= 0.3 is 0 Å². The fourth-order valence-electron chi connectivity index (χ4n) is 3.04. The van der Waals surface area contributed by atoms with E-state index in [9.17, 15) is 30.8 Å². The molecule has 0 saturated carbocycles. The number of Topliss-reactive ketones (excluding diaryl/α,β-unsaturated/α-hetero) is 1. The van der Waals surface area contributed by atoms with Crippen LogP contribution >= 0.6 is 0 Å². The Hall–Kier alpha value is -2.59. The lowest BCUT2D eigenvalue weighted by atomic mass is 10.1. The molecule has 0 radical (unpaired) electrons. The molecule has 1 saturated heterocycles. The maximum atomic E-state index is 14.2. The Bertz CT molecular complexity index is 1190. The average molecular weight is 439 g/mol. The van der Waals surface area contributed by atoms with Crippen LogP contribution < -0.4 is 5.32 Å². The molecule has 1 fully saturated rings. The SMILES string of the molecule is CC(=O)c1ccc(NC(=O)c2cc(S(=O)(=O)[C@@H]3CCS(=O)(=O)C3)ccc2F)cc1. The van der Waals surface area contributed by atoms with Crippen molar-refractivity contribution in [2.75, 3.05) is 16.8 Å². The van der Waals surface area contributed by atoms with E-state index in [0.717, 1.165) is 18.2 Å². The zero-order valence-corrected chi connectivity index (χ0v) is 17.0. The van der Waals surface area contributed by atoms with Gasteiger partial charge < -0.3 is 5.32 Å². The van der Waals surface area contributed by atoms with Crippen LogP contribution in [0.25, 0.3) is 0 Å². The Labute approximate surface area is 167 Å². The summed E-state index contributed by atoms with van der Waals surface area (Å²) in [7, 11) is -7.46. The minimum atomic E-state index is -4.03. The smallest absolute Gasteiger partial charge is 0.258 e. The monoisotopic (exact) mass is 439 g/mol. The van der Waals surface area contributed by atoms with E-state index in [1.807, 2.05) is 0 Å². The van der Waals surface area contributed by atoms with Gasteiger partial charge in [-0.15, -0.1) is 0 Å². The minimum absolute atomic E-state index is 0.0356. The summed E-state index contributed by atoms with van der Waals surface area (Å²) >= 11 is 0. The highest BCUT2D eigenvalue weighted by Gasteiger charge is 2.38. The predicted molar refractivity (Wildman–Crippen MR) is 105 cm³/mol. The van der Waals surface area contributed by atoms with Crippen molar-refractivity contribution in [3.8, 4) is 0 Å². The van der Waals surface area contributed by atoms with Crippen molar-refractivity contribution in [2.24, 2.45) is 0 Å². The average Bonchev–Trinajstić information content (AvgIpc) is 3.03. The van der Waals surface area contributed by atoms with Crippen molar-refractivity contribution in [2.45, 2.75) is 23.5 Å². The molecule has 1 N–H and O–H groups in total. The number of amides is 1. The van der Waals surface area contributed by atoms with Gasteiger partial charge in [0.2, 0.25) is 0 Å². The molecule has 0 unspecified atom stereocenters. The van der Waals surface area contributed by atoms with Gasteiger partial charge in [-0.3, -0.25) is 9.59 Å². The van der Waals surface area contributed by atoms with Gasteiger partial charge in [0.15, 0.2) is 25.5 Å². The first-order valence-corrected chi connectivity index (χ1v) is 12.0. The molecular weight excluding hydrogens is 421 g/mol. The molecule has 1 atom stereocenters. The number of halogens is 1. The second-order valence-electron chi connectivity index (χ2n) is 6.80. The van der Waals surface area contributed by atoms with Crippen LogP contribution in [0.2, 0.25) is 0 Å². The van der Waals surface area contributed by atoms with E-state index in [1.54, 1.807) is 0 Å². The molecule has 29 heavy (non-hydrogen) atoms. The summed E-state index contributed by atoms with van der Waals surface area (Å²) in [4.78, 5) is 23.4. The first-order chi connectivity index (χ1) is 13.5. The van der Waals surface area contributed by atoms with Crippen LogP contribution in [0.5, 0.6) is 0 Å². The van der Waals surface area contributed by atoms with Crippen LogP contribution in [0.15, 0.2) is 47.4 Å². The van der Waals surface area contributed by atoms with Gasteiger partial charge in [-0.05, 0) is 55.8 Å². The van der Waals surface area contributed by atoms with Gasteiger partial charge in [0.05, 0.1) is 27.2 Å².